The molecule has 7 heteroatoms. The lowest BCUT2D eigenvalue weighted by molar-refractivity contribution is 0.0696. The number of aryl methyl sites for hydroxylation is 1. The Labute approximate surface area is 125 Å². The molecule has 0 aliphatic carbocycles. The third-order valence-electron chi connectivity index (χ3n) is 2.81. The number of hydrogen-bond donors (Lipinski definition) is 1. The summed E-state index contributed by atoms with van der Waals surface area (Å²) in [6.07, 6.45) is 1.55. The molecule has 2 heterocycles. The Morgan fingerprint density at radius 1 is 1.27 bits per heavy atom. The van der Waals surface area contributed by atoms with Gasteiger partial charge in [0.1, 0.15) is 5.75 Å². The molecular formula is C15H11N3O4. The molecule has 0 spiro atoms. The standard InChI is InChI=1S/C15H11N3O4/c1-9-17-14(22-18-9)10-5-6-16-13(8-10)21-12-4-2-3-11(7-12)15(19)20/h2-8H,1H3,(H,19,20). The Balaban J connectivity index is 1.87. The molecule has 0 bridgehead atoms. The molecule has 0 saturated heterocycles. The second-order valence-electron chi connectivity index (χ2n) is 4.46. The van der Waals surface area contributed by atoms with Crippen LogP contribution in [0.2, 0.25) is 0 Å². The molecule has 2 aromatic heterocycles. The number of aromatic nitrogens is 3. The molecule has 0 unspecified atom stereocenters. The van der Waals surface area contributed by atoms with Gasteiger partial charge in [0.25, 0.3) is 5.89 Å². The van der Waals surface area contributed by atoms with Gasteiger partial charge in [-0.2, -0.15) is 4.98 Å². The van der Waals surface area contributed by atoms with E-state index < -0.39 is 5.97 Å². The van der Waals surface area contributed by atoms with Gasteiger partial charge in [0.2, 0.25) is 5.88 Å². The van der Waals surface area contributed by atoms with E-state index >= 15 is 0 Å². The van der Waals surface area contributed by atoms with Crippen LogP contribution in [-0.4, -0.2) is 26.2 Å². The molecule has 7 nitrogen and oxygen atoms in total. The van der Waals surface area contributed by atoms with Crippen molar-refractivity contribution in [2.24, 2.45) is 0 Å². The van der Waals surface area contributed by atoms with Crippen molar-refractivity contribution in [2.45, 2.75) is 6.92 Å². The molecule has 0 aliphatic heterocycles. The summed E-state index contributed by atoms with van der Waals surface area (Å²) in [7, 11) is 0. The van der Waals surface area contributed by atoms with Gasteiger partial charge in [0, 0.05) is 17.8 Å². The van der Waals surface area contributed by atoms with Gasteiger partial charge in [-0.05, 0) is 31.2 Å². The number of aromatic carboxylic acids is 1. The lowest BCUT2D eigenvalue weighted by Crippen LogP contribution is -1.96. The molecule has 0 radical (unpaired) electrons. The van der Waals surface area contributed by atoms with E-state index in [4.69, 9.17) is 14.4 Å². The highest BCUT2D eigenvalue weighted by atomic mass is 16.5. The molecule has 0 saturated carbocycles. The zero-order valence-electron chi connectivity index (χ0n) is 11.6. The Morgan fingerprint density at radius 3 is 2.86 bits per heavy atom. The molecule has 0 amide bonds. The fourth-order valence-electron chi connectivity index (χ4n) is 1.83. The van der Waals surface area contributed by atoms with Crippen molar-refractivity contribution in [1.82, 2.24) is 15.1 Å². The minimum absolute atomic E-state index is 0.140. The van der Waals surface area contributed by atoms with Crippen LogP contribution in [0, 0.1) is 6.92 Å². The van der Waals surface area contributed by atoms with E-state index in [9.17, 15) is 4.79 Å². The first kappa shape index (κ1) is 13.7. The number of carbonyl (C=O) groups is 1. The minimum Gasteiger partial charge on any atom is -0.478 e. The third kappa shape index (κ3) is 2.93. The lowest BCUT2D eigenvalue weighted by atomic mass is 10.2. The van der Waals surface area contributed by atoms with Gasteiger partial charge in [-0.15, -0.1) is 0 Å². The Kier molecular flexibility index (Phi) is 3.53. The average Bonchev–Trinajstić information content (AvgIpc) is 2.94. The molecule has 3 aromatic rings. The fourth-order valence-corrected chi connectivity index (χ4v) is 1.83. The molecular weight excluding hydrogens is 286 g/mol. The number of pyridine rings is 1. The largest absolute Gasteiger partial charge is 0.478 e. The van der Waals surface area contributed by atoms with Crippen molar-refractivity contribution in [3.8, 4) is 23.1 Å². The number of carboxylic acids is 1. The third-order valence-corrected chi connectivity index (χ3v) is 2.81. The van der Waals surface area contributed by atoms with E-state index in [0.717, 1.165) is 0 Å². The highest BCUT2D eigenvalue weighted by Gasteiger charge is 2.09. The molecule has 3 rings (SSSR count). The smallest absolute Gasteiger partial charge is 0.335 e. The van der Waals surface area contributed by atoms with Gasteiger partial charge < -0.3 is 14.4 Å². The van der Waals surface area contributed by atoms with Gasteiger partial charge >= 0.3 is 5.97 Å². The summed E-state index contributed by atoms with van der Waals surface area (Å²) in [6.45, 7) is 1.73. The number of ether oxygens (including phenoxy) is 1. The van der Waals surface area contributed by atoms with Crippen molar-refractivity contribution in [3.63, 3.8) is 0 Å². The van der Waals surface area contributed by atoms with Crippen LogP contribution >= 0.6 is 0 Å². The quantitative estimate of drug-likeness (QED) is 0.790. The maximum absolute atomic E-state index is 10.9. The van der Waals surface area contributed by atoms with Crippen LogP contribution in [0.25, 0.3) is 11.5 Å². The summed E-state index contributed by atoms with van der Waals surface area (Å²) >= 11 is 0. The average molecular weight is 297 g/mol. The number of benzene rings is 1. The van der Waals surface area contributed by atoms with E-state index in [1.807, 2.05) is 0 Å². The topological polar surface area (TPSA) is 98.3 Å². The first-order chi connectivity index (χ1) is 10.6. The van der Waals surface area contributed by atoms with Crippen molar-refractivity contribution >= 4 is 5.97 Å². The van der Waals surface area contributed by atoms with E-state index in [1.54, 1.807) is 37.4 Å². The summed E-state index contributed by atoms with van der Waals surface area (Å²) in [5.41, 5.74) is 0.807. The Hall–Kier alpha value is -3.22. The maximum atomic E-state index is 10.9. The number of carboxylic acid groups (broad SMARTS) is 1. The van der Waals surface area contributed by atoms with E-state index in [0.29, 0.717) is 28.9 Å². The van der Waals surface area contributed by atoms with Crippen molar-refractivity contribution in [1.29, 1.82) is 0 Å². The summed E-state index contributed by atoms with van der Waals surface area (Å²) in [5.74, 6) is 0.558. The molecule has 1 N–H and O–H groups in total. The van der Waals surface area contributed by atoms with Crippen molar-refractivity contribution in [3.05, 3.63) is 54.0 Å². The van der Waals surface area contributed by atoms with Gasteiger partial charge in [-0.3, -0.25) is 0 Å². The normalized spacial score (nSPS) is 10.4. The van der Waals surface area contributed by atoms with Crippen LogP contribution in [0.4, 0.5) is 0 Å². The first-order valence-corrected chi connectivity index (χ1v) is 6.40. The predicted octanol–water partition coefficient (Wildman–Crippen LogP) is 2.93. The summed E-state index contributed by atoms with van der Waals surface area (Å²) in [6, 6.07) is 9.52. The van der Waals surface area contributed by atoms with Crippen molar-refractivity contribution in [2.75, 3.05) is 0 Å². The van der Waals surface area contributed by atoms with Crippen LogP contribution in [0.5, 0.6) is 11.6 Å². The summed E-state index contributed by atoms with van der Waals surface area (Å²) in [4.78, 5) is 19.2. The maximum Gasteiger partial charge on any atom is 0.335 e. The van der Waals surface area contributed by atoms with Crippen molar-refractivity contribution < 1.29 is 19.2 Å². The fraction of sp³-hybridized carbons (Fsp3) is 0.0667. The molecule has 0 atom stereocenters. The van der Waals surface area contributed by atoms with Crippen LogP contribution in [-0.2, 0) is 0 Å². The van der Waals surface area contributed by atoms with Crippen LogP contribution in [0.3, 0.4) is 0 Å². The van der Waals surface area contributed by atoms with Crippen LogP contribution in [0.1, 0.15) is 16.2 Å². The summed E-state index contributed by atoms with van der Waals surface area (Å²) in [5, 5.41) is 12.7. The van der Waals surface area contributed by atoms with E-state index in [1.165, 1.54) is 12.1 Å². The molecule has 110 valence electrons. The minimum atomic E-state index is -1.02. The summed E-state index contributed by atoms with van der Waals surface area (Å²) < 4.78 is 10.7. The monoisotopic (exact) mass is 297 g/mol. The highest BCUT2D eigenvalue weighted by Crippen LogP contribution is 2.25. The second kappa shape index (κ2) is 5.65. The molecule has 0 aliphatic rings. The zero-order valence-corrected chi connectivity index (χ0v) is 11.6. The van der Waals surface area contributed by atoms with Crippen LogP contribution in [0.15, 0.2) is 47.1 Å². The number of rotatable bonds is 4. The van der Waals surface area contributed by atoms with E-state index in [-0.39, 0.29) is 5.56 Å². The first-order valence-electron chi connectivity index (χ1n) is 6.40. The molecule has 1 aromatic carbocycles. The number of hydrogen-bond acceptors (Lipinski definition) is 6. The molecule has 0 fully saturated rings. The zero-order chi connectivity index (χ0) is 15.5. The van der Waals surface area contributed by atoms with Gasteiger partial charge in [-0.25, -0.2) is 9.78 Å². The Morgan fingerprint density at radius 2 is 2.14 bits per heavy atom. The number of nitrogens with zero attached hydrogens (tertiary/aromatic N) is 3. The van der Waals surface area contributed by atoms with E-state index in [2.05, 4.69) is 15.1 Å². The van der Waals surface area contributed by atoms with Gasteiger partial charge in [0.05, 0.1) is 5.56 Å². The predicted molar refractivity (Wildman–Crippen MR) is 75.7 cm³/mol. The van der Waals surface area contributed by atoms with Gasteiger partial charge in [-0.1, -0.05) is 11.2 Å². The second-order valence-corrected chi connectivity index (χ2v) is 4.46. The van der Waals surface area contributed by atoms with Gasteiger partial charge in [0.15, 0.2) is 5.82 Å². The SMILES string of the molecule is Cc1noc(-c2ccnc(Oc3cccc(C(=O)O)c3)c2)n1. The highest BCUT2D eigenvalue weighted by molar-refractivity contribution is 5.88. The van der Waals surface area contributed by atoms with Crippen LogP contribution < -0.4 is 4.74 Å². The Bertz CT molecular complexity index is 829. The lowest BCUT2D eigenvalue weighted by Gasteiger charge is -2.06. The molecule has 22 heavy (non-hydrogen) atoms.